The van der Waals surface area contributed by atoms with Crippen LogP contribution in [0.5, 0.6) is 0 Å². The number of aryl methyl sites for hydroxylation is 1. The van der Waals surface area contributed by atoms with Gasteiger partial charge in [-0.05, 0) is 44.2 Å². The molecule has 0 radical (unpaired) electrons. The summed E-state index contributed by atoms with van der Waals surface area (Å²) >= 11 is 0. The molecule has 2 aromatic heterocycles. The van der Waals surface area contributed by atoms with Crippen molar-refractivity contribution in [3.63, 3.8) is 0 Å². The van der Waals surface area contributed by atoms with Gasteiger partial charge in [0.1, 0.15) is 11.6 Å². The second kappa shape index (κ2) is 6.30. The lowest BCUT2D eigenvalue weighted by atomic mass is 10.0. The maximum Gasteiger partial charge on any atom is 0.252 e. The molecule has 2 heterocycles. The van der Waals surface area contributed by atoms with Crippen molar-refractivity contribution in [2.24, 2.45) is 7.05 Å². The molecule has 0 atom stereocenters. The summed E-state index contributed by atoms with van der Waals surface area (Å²) in [7, 11) is 1.89. The number of H-pyrrole nitrogens is 1. The third-order valence-corrected chi connectivity index (χ3v) is 4.82. The number of nitrogens with zero attached hydrogens (tertiary/aromatic N) is 2. The van der Waals surface area contributed by atoms with Crippen molar-refractivity contribution < 1.29 is 9.18 Å². The summed E-state index contributed by atoms with van der Waals surface area (Å²) < 4.78 is 15.6. The number of imidazole rings is 1. The third-order valence-electron chi connectivity index (χ3n) is 4.82. The summed E-state index contributed by atoms with van der Waals surface area (Å²) in [6.07, 6.45) is 0. The van der Waals surface area contributed by atoms with Crippen LogP contribution in [0.25, 0.3) is 21.9 Å². The Morgan fingerprint density at radius 1 is 1.18 bits per heavy atom. The van der Waals surface area contributed by atoms with E-state index in [4.69, 9.17) is 0 Å². The number of pyridine rings is 1. The number of carbonyl (C=O) groups is 1. The normalized spacial score (nSPS) is 11.9. The van der Waals surface area contributed by atoms with Crippen LogP contribution in [0.3, 0.4) is 0 Å². The predicted octanol–water partition coefficient (Wildman–Crippen LogP) is 3.22. The molecule has 2 N–H and O–H groups in total. The van der Waals surface area contributed by atoms with E-state index in [2.05, 4.69) is 15.3 Å². The van der Waals surface area contributed by atoms with Gasteiger partial charge >= 0.3 is 0 Å². The van der Waals surface area contributed by atoms with E-state index in [0.29, 0.717) is 16.7 Å². The molecule has 142 valence electrons. The van der Waals surface area contributed by atoms with Gasteiger partial charge in [0.15, 0.2) is 0 Å². The number of aromatic nitrogens is 3. The minimum atomic E-state index is -0.826. The van der Waals surface area contributed by atoms with Crippen molar-refractivity contribution in [3.05, 3.63) is 76.1 Å². The molecule has 4 rings (SSSR count). The van der Waals surface area contributed by atoms with Crippen LogP contribution in [0.4, 0.5) is 4.39 Å². The number of rotatable bonds is 3. The Balaban J connectivity index is 1.77. The number of nitrogens with one attached hydrogen (secondary N) is 2. The largest absolute Gasteiger partial charge is 0.340 e. The number of hydrogen-bond donors (Lipinski definition) is 2. The number of carbonyl (C=O) groups excluding carboxylic acids is 1. The van der Waals surface area contributed by atoms with Crippen molar-refractivity contribution >= 4 is 27.8 Å². The molecule has 0 fully saturated rings. The maximum atomic E-state index is 13.7. The van der Waals surface area contributed by atoms with Crippen LogP contribution < -0.4 is 10.9 Å². The Morgan fingerprint density at radius 2 is 1.93 bits per heavy atom. The van der Waals surface area contributed by atoms with Crippen LogP contribution >= 0.6 is 0 Å². The summed E-state index contributed by atoms with van der Waals surface area (Å²) in [5, 5.41) is 3.28. The molecule has 7 heteroatoms. The zero-order valence-electron chi connectivity index (χ0n) is 15.7. The number of hydrogen-bond acceptors (Lipinski definition) is 3. The van der Waals surface area contributed by atoms with Gasteiger partial charge in [0.05, 0.1) is 22.1 Å². The lowest BCUT2D eigenvalue weighted by Gasteiger charge is -2.26. The highest BCUT2D eigenvalue weighted by Gasteiger charge is 2.29. The number of aromatic amines is 1. The van der Waals surface area contributed by atoms with Gasteiger partial charge in [-0.25, -0.2) is 9.37 Å². The summed E-state index contributed by atoms with van der Waals surface area (Å²) in [6.45, 7) is 3.67. The van der Waals surface area contributed by atoms with Gasteiger partial charge in [0.2, 0.25) is 5.56 Å². The Morgan fingerprint density at radius 3 is 2.68 bits per heavy atom. The maximum absolute atomic E-state index is 13.7. The fourth-order valence-electron chi connectivity index (χ4n) is 3.53. The van der Waals surface area contributed by atoms with Crippen molar-refractivity contribution in [2.75, 3.05) is 0 Å². The molecule has 2 aromatic carbocycles. The zero-order valence-corrected chi connectivity index (χ0v) is 15.7. The minimum Gasteiger partial charge on any atom is -0.340 e. The summed E-state index contributed by atoms with van der Waals surface area (Å²) in [5.41, 5.74) is 1.04. The molecular formula is C21H19FN4O2. The second-order valence-electron chi connectivity index (χ2n) is 7.30. The number of fused-ring (bicyclic) bond motifs is 2. The molecule has 0 unspecified atom stereocenters. The highest BCUT2D eigenvalue weighted by molar-refractivity contribution is 6.06. The Kier molecular flexibility index (Phi) is 4.03. The van der Waals surface area contributed by atoms with Crippen LogP contribution in [0.1, 0.15) is 30.0 Å². The average molecular weight is 378 g/mol. The second-order valence-corrected chi connectivity index (χ2v) is 7.30. The fraction of sp³-hybridized carbons (Fsp3) is 0.190. The molecule has 0 aliphatic heterocycles. The van der Waals surface area contributed by atoms with Gasteiger partial charge in [0.25, 0.3) is 5.91 Å². The van der Waals surface area contributed by atoms with Crippen LogP contribution in [0.15, 0.2) is 53.3 Å². The van der Waals surface area contributed by atoms with E-state index < -0.39 is 22.8 Å². The highest BCUT2D eigenvalue weighted by atomic mass is 19.1. The lowest BCUT2D eigenvalue weighted by Crippen LogP contribution is -2.43. The van der Waals surface area contributed by atoms with Crippen LogP contribution in [0, 0.1) is 5.82 Å². The minimum absolute atomic E-state index is 0.116. The van der Waals surface area contributed by atoms with Gasteiger partial charge in [0, 0.05) is 24.0 Å². The van der Waals surface area contributed by atoms with Gasteiger partial charge in [-0.3, -0.25) is 9.59 Å². The van der Waals surface area contributed by atoms with E-state index in [1.54, 1.807) is 0 Å². The molecule has 0 bridgehead atoms. The summed E-state index contributed by atoms with van der Waals surface area (Å²) in [4.78, 5) is 32.2. The van der Waals surface area contributed by atoms with E-state index in [1.165, 1.54) is 24.3 Å². The van der Waals surface area contributed by atoms with Gasteiger partial charge < -0.3 is 14.9 Å². The van der Waals surface area contributed by atoms with Crippen molar-refractivity contribution in [1.82, 2.24) is 19.9 Å². The summed E-state index contributed by atoms with van der Waals surface area (Å²) in [6, 6.07) is 12.8. The van der Waals surface area contributed by atoms with Crippen molar-refractivity contribution in [2.45, 2.75) is 19.4 Å². The molecular weight excluding hydrogens is 359 g/mol. The molecule has 6 nitrogen and oxygen atoms in total. The standard InChI is InChI=1S/C21H19FN4O2/c1-21(2,20-24-16-6-4-5-7-17(16)26(20)3)25-19(28)14-11-18(27)23-15-9-8-12(22)10-13(14)15/h4-11H,1-3H3,(H,23,27)(H,25,28). The molecule has 28 heavy (non-hydrogen) atoms. The Hall–Kier alpha value is -3.48. The summed E-state index contributed by atoms with van der Waals surface area (Å²) in [5.74, 6) is -0.288. The van der Waals surface area contributed by atoms with Crippen LogP contribution in [-0.4, -0.2) is 20.4 Å². The van der Waals surface area contributed by atoms with E-state index in [9.17, 15) is 14.0 Å². The molecule has 0 aliphatic carbocycles. The Labute approximate surface area is 160 Å². The predicted molar refractivity (Wildman–Crippen MR) is 106 cm³/mol. The van der Waals surface area contributed by atoms with Gasteiger partial charge in [-0.15, -0.1) is 0 Å². The molecule has 0 spiro atoms. The first kappa shape index (κ1) is 17.9. The Bertz CT molecular complexity index is 1290. The van der Waals surface area contributed by atoms with Crippen molar-refractivity contribution in [1.29, 1.82) is 0 Å². The van der Waals surface area contributed by atoms with E-state index >= 15 is 0 Å². The first-order valence-corrected chi connectivity index (χ1v) is 8.83. The van der Waals surface area contributed by atoms with Crippen molar-refractivity contribution in [3.8, 4) is 0 Å². The average Bonchev–Trinajstić information content (AvgIpc) is 2.99. The van der Waals surface area contributed by atoms with E-state index in [-0.39, 0.29) is 5.56 Å². The fourth-order valence-corrected chi connectivity index (χ4v) is 3.53. The van der Waals surface area contributed by atoms with Gasteiger partial charge in [-0.2, -0.15) is 0 Å². The molecule has 0 saturated heterocycles. The smallest absolute Gasteiger partial charge is 0.252 e. The monoisotopic (exact) mass is 378 g/mol. The highest BCUT2D eigenvalue weighted by Crippen LogP contribution is 2.25. The third kappa shape index (κ3) is 2.94. The topological polar surface area (TPSA) is 79.8 Å². The zero-order chi connectivity index (χ0) is 20.1. The molecule has 0 aliphatic rings. The molecule has 4 aromatic rings. The van der Waals surface area contributed by atoms with E-state index in [1.807, 2.05) is 49.7 Å². The van der Waals surface area contributed by atoms with Crippen LogP contribution in [0.2, 0.25) is 0 Å². The van der Waals surface area contributed by atoms with Gasteiger partial charge in [-0.1, -0.05) is 12.1 Å². The SMILES string of the molecule is Cn1c(C(C)(C)NC(=O)c2cc(=O)[nH]c3ccc(F)cc23)nc2ccccc21. The van der Waals surface area contributed by atoms with E-state index in [0.717, 1.165) is 11.0 Å². The number of amides is 1. The number of benzene rings is 2. The van der Waals surface area contributed by atoms with Crippen LogP contribution in [-0.2, 0) is 12.6 Å². The molecule has 1 amide bonds. The number of halogens is 1. The number of para-hydroxylation sites is 2. The quantitative estimate of drug-likeness (QED) is 0.574. The molecule has 0 saturated carbocycles. The first-order valence-electron chi connectivity index (χ1n) is 8.83. The lowest BCUT2D eigenvalue weighted by molar-refractivity contribution is 0.0909. The first-order chi connectivity index (χ1) is 13.3.